The van der Waals surface area contributed by atoms with E-state index in [2.05, 4.69) is 22.1 Å². The van der Waals surface area contributed by atoms with Crippen molar-refractivity contribution in [3.63, 3.8) is 0 Å². The molecule has 3 aliphatic heterocycles. The number of hydrazine groups is 1. The van der Waals surface area contributed by atoms with Crippen molar-refractivity contribution in [1.29, 1.82) is 5.26 Å². The number of nitriles is 1. The van der Waals surface area contributed by atoms with Crippen LogP contribution in [0.15, 0.2) is 30.0 Å². The first kappa shape index (κ1) is 25.7. The van der Waals surface area contributed by atoms with Crippen molar-refractivity contribution < 1.29 is 19.1 Å². The maximum absolute atomic E-state index is 13.2. The molecule has 0 spiro atoms. The summed E-state index contributed by atoms with van der Waals surface area (Å²) < 4.78 is 5.27. The SMILES string of the molecule is CC.CC1CN(CNC(=O)C2CCOC2)C(=O)C2=CC(c3ccc(C#N)cc3NC(=O)C3CC3)NN21. The lowest BCUT2D eigenvalue weighted by molar-refractivity contribution is -0.135. The van der Waals surface area contributed by atoms with E-state index in [1.807, 2.05) is 37.9 Å². The van der Waals surface area contributed by atoms with Crippen LogP contribution in [-0.4, -0.2) is 60.1 Å². The molecule has 1 aromatic carbocycles. The van der Waals surface area contributed by atoms with Gasteiger partial charge in [0, 0.05) is 24.8 Å². The van der Waals surface area contributed by atoms with Gasteiger partial charge in [-0.3, -0.25) is 19.4 Å². The molecule has 192 valence electrons. The number of nitrogens with zero attached hydrogens (tertiary/aromatic N) is 3. The zero-order valence-electron chi connectivity index (χ0n) is 21.0. The minimum atomic E-state index is -0.339. The van der Waals surface area contributed by atoms with Gasteiger partial charge in [-0.05, 0) is 50.0 Å². The van der Waals surface area contributed by atoms with Gasteiger partial charge in [0.1, 0.15) is 5.70 Å². The summed E-state index contributed by atoms with van der Waals surface area (Å²) in [5.41, 5.74) is 5.70. The Balaban J connectivity index is 0.00000148. The fourth-order valence-corrected chi connectivity index (χ4v) is 4.62. The van der Waals surface area contributed by atoms with Crippen LogP contribution in [0.4, 0.5) is 5.69 Å². The van der Waals surface area contributed by atoms with Gasteiger partial charge in [0.2, 0.25) is 11.8 Å². The lowest BCUT2D eigenvalue weighted by Gasteiger charge is -2.40. The first-order chi connectivity index (χ1) is 17.4. The van der Waals surface area contributed by atoms with E-state index in [9.17, 15) is 19.6 Å². The fraction of sp³-hybridized carbons (Fsp3) is 0.538. The predicted octanol–water partition coefficient (Wildman–Crippen LogP) is 2.02. The number of nitrogens with one attached hydrogen (secondary N) is 3. The number of carbonyl (C=O) groups excluding carboxylic acids is 3. The van der Waals surface area contributed by atoms with Gasteiger partial charge >= 0.3 is 0 Å². The van der Waals surface area contributed by atoms with E-state index in [1.165, 1.54) is 0 Å². The number of amides is 3. The molecule has 3 heterocycles. The second-order valence-corrected chi connectivity index (χ2v) is 9.34. The quantitative estimate of drug-likeness (QED) is 0.552. The molecule has 3 fully saturated rings. The van der Waals surface area contributed by atoms with E-state index in [4.69, 9.17) is 4.74 Å². The van der Waals surface area contributed by atoms with Crippen molar-refractivity contribution in [3.8, 4) is 6.07 Å². The van der Waals surface area contributed by atoms with Crippen molar-refractivity contribution in [2.75, 3.05) is 31.7 Å². The molecular formula is C26H34N6O4. The normalized spacial score (nSPS) is 24.8. The molecule has 3 atom stereocenters. The highest BCUT2D eigenvalue weighted by atomic mass is 16.5. The molecule has 3 N–H and O–H groups in total. The Morgan fingerprint density at radius 1 is 1.19 bits per heavy atom. The zero-order chi connectivity index (χ0) is 25.8. The number of benzene rings is 1. The fourth-order valence-electron chi connectivity index (χ4n) is 4.62. The van der Waals surface area contributed by atoms with Crippen LogP contribution in [0.2, 0.25) is 0 Å². The summed E-state index contributed by atoms with van der Waals surface area (Å²) in [4.78, 5) is 39.6. The molecule has 10 heteroatoms. The highest BCUT2D eigenvalue weighted by molar-refractivity contribution is 5.96. The summed E-state index contributed by atoms with van der Waals surface area (Å²) in [6.45, 7) is 7.61. The van der Waals surface area contributed by atoms with Gasteiger partial charge in [-0.15, -0.1) is 0 Å². The molecule has 0 radical (unpaired) electrons. The van der Waals surface area contributed by atoms with Crippen molar-refractivity contribution in [2.24, 2.45) is 11.8 Å². The number of carbonyl (C=O) groups is 3. The van der Waals surface area contributed by atoms with Crippen LogP contribution < -0.4 is 16.1 Å². The number of hydrogen-bond acceptors (Lipinski definition) is 7. The summed E-state index contributed by atoms with van der Waals surface area (Å²) in [5, 5.41) is 17.0. The molecule has 1 aromatic rings. The highest BCUT2D eigenvalue weighted by Crippen LogP contribution is 2.36. The number of piperazine rings is 1. The maximum atomic E-state index is 13.2. The van der Waals surface area contributed by atoms with Crippen LogP contribution in [0.25, 0.3) is 0 Å². The van der Waals surface area contributed by atoms with Crippen LogP contribution in [0, 0.1) is 23.2 Å². The number of anilines is 1. The first-order valence-corrected chi connectivity index (χ1v) is 12.7. The summed E-state index contributed by atoms with van der Waals surface area (Å²) in [5.74, 6) is -0.440. The average molecular weight is 495 g/mol. The Morgan fingerprint density at radius 2 is 1.97 bits per heavy atom. The second-order valence-electron chi connectivity index (χ2n) is 9.34. The molecule has 0 aromatic heterocycles. The molecule has 3 unspecified atom stereocenters. The molecule has 1 aliphatic carbocycles. The smallest absolute Gasteiger partial charge is 0.272 e. The van der Waals surface area contributed by atoms with E-state index in [1.54, 1.807) is 17.0 Å². The lowest BCUT2D eigenvalue weighted by atomic mass is 10.0. The van der Waals surface area contributed by atoms with Crippen molar-refractivity contribution in [3.05, 3.63) is 41.1 Å². The summed E-state index contributed by atoms with van der Waals surface area (Å²) in [6, 6.07) is 6.94. The van der Waals surface area contributed by atoms with E-state index in [-0.39, 0.29) is 48.3 Å². The third-order valence-corrected chi connectivity index (χ3v) is 6.76. The summed E-state index contributed by atoms with van der Waals surface area (Å²) >= 11 is 0. The lowest BCUT2D eigenvalue weighted by Crippen LogP contribution is -2.57. The summed E-state index contributed by atoms with van der Waals surface area (Å²) in [6.07, 6.45) is 4.30. The molecule has 1 saturated carbocycles. The van der Waals surface area contributed by atoms with E-state index in [0.717, 1.165) is 18.4 Å². The minimum Gasteiger partial charge on any atom is -0.381 e. The van der Waals surface area contributed by atoms with Crippen molar-refractivity contribution >= 4 is 23.4 Å². The standard InChI is InChI=1S/C24H28N6O4.C2H6/c1-14-11-29(13-26-22(31)17-6-7-34-12-17)24(33)21-9-20(28-30(14)21)18-5-2-15(10-25)8-19(18)27-23(32)16-3-4-16;1-2/h2,5,8-9,14,16-17,20,28H,3-4,6-7,11-13H2,1H3,(H,26,31)(H,27,32);1-2H3. The minimum absolute atomic E-state index is 0.0245. The van der Waals surface area contributed by atoms with Crippen LogP contribution in [0.3, 0.4) is 0 Å². The Morgan fingerprint density at radius 3 is 2.64 bits per heavy atom. The van der Waals surface area contributed by atoms with E-state index in [0.29, 0.717) is 43.1 Å². The topological polar surface area (TPSA) is 127 Å². The average Bonchev–Trinajstić information content (AvgIpc) is 3.41. The van der Waals surface area contributed by atoms with Gasteiger partial charge in [0.05, 0.1) is 42.9 Å². The first-order valence-electron chi connectivity index (χ1n) is 12.7. The number of rotatable bonds is 6. The monoisotopic (exact) mass is 494 g/mol. The third-order valence-electron chi connectivity index (χ3n) is 6.76. The van der Waals surface area contributed by atoms with Gasteiger partial charge in [0.15, 0.2) is 0 Å². The van der Waals surface area contributed by atoms with Crippen LogP contribution in [-0.2, 0) is 19.1 Å². The molecule has 3 amide bonds. The van der Waals surface area contributed by atoms with Crippen molar-refractivity contribution in [1.82, 2.24) is 20.7 Å². The summed E-state index contributed by atoms with van der Waals surface area (Å²) in [7, 11) is 0. The third kappa shape index (κ3) is 5.37. The van der Waals surface area contributed by atoms with Crippen LogP contribution in [0.5, 0.6) is 0 Å². The molecule has 4 aliphatic rings. The number of hydrogen-bond donors (Lipinski definition) is 3. The molecule has 0 bridgehead atoms. The Hall–Kier alpha value is -3.42. The predicted molar refractivity (Wildman–Crippen MR) is 133 cm³/mol. The zero-order valence-corrected chi connectivity index (χ0v) is 21.0. The number of ether oxygens (including phenoxy) is 1. The van der Waals surface area contributed by atoms with Crippen molar-refractivity contribution in [2.45, 2.75) is 52.1 Å². The van der Waals surface area contributed by atoms with Gasteiger partial charge in [-0.25, -0.2) is 5.43 Å². The van der Waals surface area contributed by atoms with E-state index >= 15 is 0 Å². The maximum Gasteiger partial charge on any atom is 0.272 e. The van der Waals surface area contributed by atoms with Gasteiger partial charge in [-0.2, -0.15) is 5.26 Å². The molecule has 5 rings (SSSR count). The molecule has 2 saturated heterocycles. The molecule has 36 heavy (non-hydrogen) atoms. The Labute approximate surface area is 211 Å². The van der Waals surface area contributed by atoms with Gasteiger partial charge < -0.3 is 20.3 Å². The second kappa shape index (κ2) is 11.1. The van der Waals surface area contributed by atoms with Gasteiger partial charge in [0.25, 0.3) is 5.91 Å². The number of fused-ring (bicyclic) bond motifs is 1. The van der Waals surface area contributed by atoms with Gasteiger partial charge in [-0.1, -0.05) is 19.9 Å². The largest absolute Gasteiger partial charge is 0.381 e. The molecular weight excluding hydrogens is 460 g/mol. The Bertz CT molecular complexity index is 1090. The highest BCUT2D eigenvalue weighted by Gasteiger charge is 2.40. The van der Waals surface area contributed by atoms with Crippen LogP contribution >= 0.6 is 0 Å². The van der Waals surface area contributed by atoms with E-state index < -0.39 is 0 Å². The van der Waals surface area contributed by atoms with Crippen LogP contribution in [0.1, 0.15) is 57.2 Å². The molecule has 10 nitrogen and oxygen atoms in total. The Kier molecular flexibility index (Phi) is 7.91.